The lowest BCUT2D eigenvalue weighted by Crippen LogP contribution is -2.08. The number of aromatic nitrogens is 4. The molecule has 3 heterocycles. The summed E-state index contributed by atoms with van der Waals surface area (Å²) in [6.07, 6.45) is 0. The predicted octanol–water partition coefficient (Wildman–Crippen LogP) is 3.29. The fourth-order valence-electron chi connectivity index (χ4n) is 3.21. The summed E-state index contributed by atoms with van der Waals surface area (Å²) in [7, 11) is 0. The zero-order valence-corrected chi connectivity index (χ0v) is 13.4. The summed E-state index contributed by atoms with van der Waals surface area (Å²) in [6, 6.07) is 4.05. The highest BCUT2D eigenvalue weighted by atomic mass is 16.5. The SMILES string of the molecule is Cc1nc2[nH]c3cc(-c4c(C)noc4C)c(C)cc3c2c(=O)[nH]1. The Labute approximate surface area is 131 Å². The Bertz CT molecular complexity index is 1110. The normalized spacial score (nSPS) is 11.7. The quantitative estimate of drug-likeness (QED) is 0.565. The number of rotatable bonds is 1. The van der Waals surface area contributed by atoms with Crippen LogP contribution in [0, 0.1) is 27.7 Å². The molecule has 0 aliphatic rings. The summed E-state index contributed by atoms with van der Waals surface area (Å²) in [4.78, 5) is 22.7. The van der Waals surface area contributed by atoms with E-state index in [1.54, 1.807) is 6.92 Å². The lowest BCUT2D eigenvalue weighted by Gasteiger charge is -2.06. The van der Waals surface area contributed by atoms with E-state index in [-0.39, 0.29) is 5.56 Å². The van der Waals surface area contributed by atoms with Gasteiger partial charge in [-0.25, -0.2) is 4.98 Å². The zero-order chi connectivity index (χ0) is 16.3. The van der Waals surface area contributed by atoms with Gasteiger partial charge in [0.25, 0.3) is 5.56 Å². The highest BCUT2D eigenvalue weighted by Crippen LogP contribution is 2.34. The molecule has 6 nitrogen and oxygen atoms in total. The Kier molecular flexibility index (Phi) is 2.72. The molecular formula is C17H16N4O2. The summed E-state index contributed by atoms with van der Waals surface area (Å²) < 4.78 is 5.28. The summed E-state index contributed by atoms with van der Waals surface area (Å²) >= 11 is 0. The third-order valence-corrected chi connectivity index (χ3v) is 4.23. The maximum absolute atomic E-state index is 12.3. The molecule has 3 aromatic heterocycles. The van der Waals surface area contributed by atoms with Crippen LogP contribution in [0.5, 0.6) is 0 Å². The molecule has 2 N–H and O–H groups in total. The van der Waals surface area contributed by atoms with Crippen LogP contribution in [0.15, 0.2) is 21.5 Å². The van der Waals surface area contributed by atoms with Crippen LogP contribution in [0.2, 0.25) is 0 Å². The average molecular weight is 308 g/mol. The van der Waals surface area contributed by atoms with E-state index >= 15 is 0 Å². The van der Waals surface area contributed by atoms with Crippen molar-refractivity contribution in [2.24, 2.45) is 0 Å². The molecule has 4 rings (SSSR count). The summed E-state index contributed by atoms with van der Waals surface area (Å²) in [5.41, 5.74) is 5.33. The summed E-state index contributed by atoms with van der Waals surface area (Å²) in [6.45, 7) is 7.62. The lowest BCUT2D eigenvalue weighted by atomic mass is 9.97. The fourth-order valence-corrected chi connectivity index (χ4v) is 3.21. The van der Waals surface area contributed by atoms with E-state index in [4.69, 9.17) is 4.52 Å². The number of nitrogens with zero attached hydrogens (tertiary/aromatic N) is 2. The molecule has 0 aliphatic carbocycles. The minimum absolute atomic E-state index is 0.122. The highest BCUT2D eigenvalue weighted by molar-refractivity contribution is 6.07. The number of fused-ring (bicyclic) bond motifs is 3. The molecule has 6 heteroatoms. The maximum atomic E-state index is 12.3. The molecule has 0 aliphatic heterocycles. The van der Waals surface area contributed by atoms with Gasteiger partial charge in [-0.1, -0.05) is 5.16 Å². The topological polar surface area (TPSA) is 87.6 Å². The van der Waals surface area contributed by atoms with Crippen LogP contribution in [0.4, 0.5) is 0 Å². The maximum Gasteiger partial charge on any atom is 0.261 e. The van der Waals surface area contributed by atoms with Crippen molar-refractivity contribution < 1.29 is 4.52 Å². The number of hydrogen-bond donors (Lipinski definition) is 2. The molecule has 0 unspecified atom stereocenters. The van der Waals surface area contributed by atoms with E-state index in [0.29, 0.717) is 16.9 Å². The monoisotopic (exact) mass is 308 g/mol. The first-order valence-electron chi connectivity index (χ1n) is 7.42. The summed E-state index contributed by atoms with van der Waals surface area (Å²) in [5, 5.41) is 5.50. The Morgan fingerprint density at radius 3 is 2.57 bits per heavy atom. The van der Waals surface area contributed by atoms with E-state index in [1.807, 2.05) is 32.9 Å². The van der Waals surface area contributed by atoms with Crippen LogP contribution in [-0.4, -0.2) is 20.1 Å². The van der Waals surface area contributed by atoms with Crippen molar-refractivity contribution >= 4 is 21.9 Å². The summed E-state index contributed by atoms with van der Waals surface area (Å²) in [5.74, 6) is 1.38. The first-order chi connectivity index (χ1) is 11.0. The molecule has 116 valence electrons. The van der Waals surface area contributed by atoms with Crippen molar-refractivity contribution in [2.75, 3.05) is 0 Å². The Morgan fingerprint density at radius 1 is 1.09 bits per heavy atom. The number of benzene rings is 1. The first-order valence-corrected chi connectivity index (χ1v) is 7.42. The first kappa shape index (κ1) is 13.8. The Hall–Kier alpha value is -2.89. The van der Waals surface area contributed by atoms with Gasteiger partial charge < -0.3 is 14.5 Å². The lowest BCUT2D eigenvalue weighted by molar-refractivity contribution is 0.393. The molecule has 0 bridgehead atoms. The van der Waals surface area contributed by atoms with Gasteiger partial charge in [-0.05, 0) is 51.0 Å². The molecule has 0 atom stereocenters. The van der Waals surface area contributed by atoms with Gasteiger partial charge in [0.15, 0.2) is 0 Å². The van der Waals surface area contributed by atoms with Crippen molar-refractivity contribution in [1.29, 1.82) is 0 Å². The van der Waals surface area contributed by atoms with E-state index < -0.39 is 0 Å². The van der Waals surface area contributed by atoms with Gasteiger partial charge >= 0.3 is 0 Å². The molecule has 0 amide bonds. The van der Waals surface area contributed by atoms with E-state index in [9.17, 15) is 4.79 Å². The van der Waals surface area contributed by atoms with Crippen molar-refractivity contribution in [2.45, 2.75) is 27.7 Å². The number of H-pyrrole nitrogens is 2. The number of hydrogen-bond acceptors (Lipinski definition) is 4. The number of aryl methyl sites for hydroxylation is 4. The second-order valence-corrected chi connectivity index (χ2v) is 5.91. The smallest absolute Gasteiger partial charge is 0.261 e. The molecule has 0 radical (unpaired) electrons. The van der Waals surface area contributed by atoms with Crippen LogP contribution < -0.4 is 5.56 Å². The van der Waals surface area contributed by atoms with E-state index in [1.165, 1.54) is 0 Å². The van der Waals surface area contributed by atoms with Gasteiger partial charge in [-0.2, -0.15) is 0 Å². The van der Waals surface area contributed by atoms with Crippen LogP contribution >= 0.6 is 0 Å². The van der Waals surface area contributed by atoms with Crippen LogP contribution in [0.25, 0.3) is 33.1 Å². The Morgan fingerprint density at radius 2 is 1.87 bits per heavy atom. The van der Waals surface area contributed by atoms with Crippen molar-refractivity contribution in [3.05, 3.63) is 45.3 Å². The van der Waals surface area contributed by atoms with Crippen molar-refractivity contribution in [1.82, 2.24) is 20.1 Å². The van der Waals surface area contributed by atoms with Crippen LogP contribution in [0.1, 0.15) is 22.8 Å². The van der Waals surface area contributed by atoms with Crippen molar-refractivity contribution in [3.8, 4) is 11.1 Å². The molecule has 4 aromatic rings. The second-order valence-electron chi connectivity index (χ2n) is 5.91. The fraction of sp³-hybridized carbons (Fsp3) is 0.235. The van der Waals surface area contributed by atoms with Gasteiger partial charge in [0.2, 0.25) is 0 Å². The largest absolute Gasteiger partial charge is 0.361 e. The molecular weight excluding hydrogens is 292 g/mol. The number of nitrogens with one attached hydrogen (secondary N) is 2. The van der Waals surface area contributed by atoms with Gasteiger partial charge in [0, 0.05) is 16.5 Å². The molecule has 0 saturated carbocycles. The van der Waals surface area contributed by atoms with Gasteiger partial charge in [-0.3, -0.25) is 4.79 Å². The minimum atomic E-state index is -0.122. The molecule has 0 fully saturated rings. The van der Waals surface area contributed by atoms with Crippen molar-refractivity contribution in [3.63, 3.8) is 0 Å². The average Bonchev–Trinajstić information content (AvgIpc) is 2.98. The van der Waals surface area contributed by atoms with E-state index in [0.717, 1.165) is 39.0 Å². The minimum Gasteiger partial charge on any atom is -0.361 e. The molecule has 1 aromatic carbocycles. The van der Waals surface area contributed by atoms with Crippen LogP contribution in [0.3, 0.4) is 0 Å². The Balaban J connectivity index is 2.11. The van der Waals surface area contributed by atoms with Gasteiger partial charge in [0.05, 0.1) is 11.1 Å². The molecule has 0 saturated heterocycles. The van der Waals surface area contributed by atoms with Gasteiger partial charge in [-0.15, -0.1) is 0 Å². The predicted molar refractivity (Wildman–Crippen MR) is 88.7 cm³/mol. The standard InChI is InChI=1S/C17H16N4O2/c1-7-5-12-13(6-11(7)14-8(2)21-23-9(14)3)20-16-15(12)17(22)19-10(4)18-16/h5-6H,1-4H3,(H2,18,19,20,22). The third-order valence-electron chi connectivity index (χ3n) is 4.23. The third kappa shape index (κ3) is 1.91. The molecule has 0 spiro atoms. The highest BCUT2D eigenvalue weighted by Gasteiger charge is 2.17. The number of aromatic amines is 2. The molecule has 23 heavy (non-hydrogen) atoms. The zero-order valence-electron chi connectivity index (χ0n) is 13.4. The second kappa shape index (κ2) is 4.55. The van der Waals surface area contributed by atoms with Gasteiger partial charge in [0.1, 0.15) is 17.2 Å². The van der Waals surface area contributed by atoms with E-state index in [2.05, 4.69) is 20.1 Å². The van der Waals surface area contributed by atoms with Crippen LogP contribution in [-0.2, 0) is 0 Å².